The van der Waals surface area contributed by atoms with Gasteiger partial charge in [0.15, 0.2) is 0 Å². The van der Waals surface area contributed by atoms with E-state index in [-0.39, 0.29) is 0 Å². The highest BCUT2D eigenvalue weighted by Gasteiger charge is 2.28. The summed E-state index contributed by atoms with van der Waals surface area (Å²) < 4.78 is 35.9. The molecule has 0 atom stereocenters. The Kier molecular flexibility index (Phi) is 9.16. The Balaban J connectivity index is 3.25. The molecule has 0 radical (unpaired) electrons. The summed E-state index contributed by atoms with van der Waals surface area (Å²) in [5.41, 5.74) is 0. The number of nitrogens with one attached hydrogen (secondary N) is 1. The Labute approximate surface area is 100.0 Å². The molecule has 1 N–H and O–H groups in total. The average Bonchev–Trinajstić information content (AvgIpc) is 2.13. The fraction of sp³-hybridized carbons (Fsp3) is 1.00. The van der Waals surface area contributed by atoms with Crippen molar-refractivity contribution < 1.29 is 13.2 Å². The average molecular weight is 258 g/mol. The number of nitrogens with zero attached hydrogens (tertiary/aromatic N) is 1. The lowest BCUT2D eigenvalue weighted by molar-refractivity contribution is -0.142. The second-order valence-electron chi connectivity index (χ2n) is 3.65. The van der Waals surface area contributed by atoms with Gasteiger partial charge in [-0.3, -0.25) is 4.90 Å². The number of halogens is 3. The predicted octanol–water partition coefficient (Wildman–Crippen LogP) is 2.21. The van der Waals surface area contributed by atoms with Crippen LogP contribution in [-0.2, 0) is 0 Å². The van der Waals surface area contributed by atoms with Crippen LogP contribution in [0.3, 0.4) is 0 Å². The summed E-state index contributed by atoms with van der Waals surface area (Å²) in [6, 6.07) is 0. The minimum absolute atomic E-state index is 0.431. The Morgan fingerprint density at radius 1 is 1.25 bits per heavy atom. The molecule has 0 aliphatic rings. The molecule has 0 aliphatic carbocycles. The minimum Gasteiger partial charge on any atom is -0.315 e. The topological polar surface area (TPSA) is 15.3 Å². The van der Waals surface area contributed by atoms with Gasteiger partial charge in [-0.05, 0) is 31.5 Å². The van der Waals surface area contributed by atoms with Crippen LogP contribution < -0.4 is 5.32 Å². The molecule has 6 heteroatoms. The Morgan fingerprint density at radius 3 is 2.50 bits per heavy atom. The highest BCUT2D eigenvalue weighted by molar-refractivity contribution is 7.99. The van der Waals surface area contributed by atoms with Crippen molar-refractivity contribution in [1.82, 2.24) is 10.2 Å². The van der Waals surface area contributed by atoms with E-state index in [1.807, 2.05) is 11.8 Å². The molecule has 0 aromatic carbocycles. The van der Waals surface area contributed by atoms with Crippen LogP contribution in [0.5, 0.6) is 0 Å². The van der Waals surface area contributed by atoms with Crippen LogP contribution in [-0.4, -0.2) is 55.8 Å². The minimum atomic E-state index is -4.09. The summed E-state index contributed by atoms with van der Waals surface area (Å²) in [6.45, 7) is 3.21. The zero-order chi connectivity index (χ0) is 12.4. The maximum absolute atomic E-state index is 12.0. The lowest BCUT2D eigenvalue weighted by Gasteiger charge is -2.18. The highest BCUT2D eigenvalue weighted by atomic mass is 32.2. The van der Waals surface area contributed by atoms with E-state index in [2.05, 4.69) is 12.2 Å². The molecular weight excluding hydrogens is 237 g/mol. The van der Waals surface area contributed by atoms with Gasteiger partial charge >= 0.3 is 6.18 Å². The van der Waals surface area contributed by atoms with Crippen molar-refractivity contribution in [2.24, 2.45) is 0 Å². The third-order valence-electron chi connectivity index (χ3n) is 1.97. The lowest BCUT2D eigenvalue weighted by Crippen LogP contribution is -2.36. The van der Waals surface area contributed by atoms with E-state index in [0.29, 0.717) is 13.1 Å². The normalized spacial score (nSPS) is 12.4. The first-order valence-electron chi connectivity index (χ1n) is 5.49. The molecule has 0 bridgehead atoms. The van der Waals surface area contributed by atoms with E-state index in [4.69, 9.17) is 0 Å². The molecule has 0 saturated carbocycles. The number of rotatable bonds is 9. The van der Waals surface area contributed by atoms with Crippen molar-refractivity contribution in [3.8, 4) is 0 Å². The van der Waals surface area contributed by atoms with Crippen molar-refractivity contribution in [1.29, 1.82) is 0 Å². The summed E-state index contributed by atoms with van der Waals surface area (Å²) in [4.78, 5) is 1.29. The van der Waals surface area contributed by atoms with Crippen LogP contribution >= 0.6 is 11.8 Å². The largest absolute Gasteiger partial charge is 0.401 e. The third kappa shape index (κ3) is 12.1. The van der Waals surface area contributed by atoms with E-state index >= 15 is 0 Å². The second-order valence-corrected chi connectivity index (χ2v) is 5.05. The maximum Gasteiger partial charge on any atom is 0.401 e. The number of likely N-dealkylation sites (N-methyl/N-ethyl adjacent to an activating group) is 1. The van der Waals surface area contributed by atoms with Crippen molar-refractivity contribution >= 4 is 11.8 Å². The van der Waals surface area contributed by atoms with Gasteiger partial charge in [-0.1, -0.05) is 6.92 Å². The Morgan fingerprint density at radius 2 is 1.94 bits per heavy atom. The van der Waals surface area contributed by atoms with Gasteiger partial charge in [-0.15, -0.1) is 0 Å². The molecule has 0 aliphatic heterocycles. The molecule has 0 fully saturated rings. The zero-order valence-electron chi connectivity index (χ0n) is 9.94. The smallest absolute Gasteiger partial charge is 0.315 e. The molecule has 0 rings (SSSR count). The molecule has 0 unspecified atom stereocenters. The van der Waals surface area contributed by atoms with Crippen molar-refractivity contribution in [3.63, 3.8) is 0 Å². The van der Waals surface area contributed by atoms with Gasteiger partial charge in [0.2, 0.25) is 0 Å². The Hall–Kier alpha value is 0.0600. The van der Waals surface area contributed by atoms with Crippen molar-refractivity contribution in [2.45, 2.75) is 19.5 Å². The summed E-state index contributed by atoms with van der Waals surface area (Å²) >= 11 is 1.88. The summed E-state index contributed by atoms with van der Waals surface area (Å²) in [5.74, 6) is 2.23. The fourth-order valence-corrected chi connectivity index (χ4v) is 1.86. The van der Waals surface area contributed by atoms with Crippen LogP contribution in [0.2, 0.25) is 0 Å². The van der Waals surface area contributed by atoms with Gasteiger partial charge in [0.25, 0.3) is 0 Å². The number of hydrogen-bond donors (Lipinski definition) is 1. The number of thioether (sulfide) groups is 1. The molecule has 0 saturated heterocycles. The first kappa shape index (κ1) is 16.1. The fourth-order valence-electron chi connectivity index (χ4n) is 1.22. The van der Waals surface area contributed by atoms with Gasteiger partial charge in [-0.2, -0.15) is 24.9 Å². The van der Waals surface area contributed by atoms with Crippen LogP contribution in [0.25, 0.3) is 0 Å². The number of hydrogen-bond acceptors (Lipinski definition) is 3. The molecule has 2 nitrogen and oxygen atoms in total. The van der Waals surface area contributed by atoms with Crippen LogP contribution in [0.4, 0.5) is 13.2 Å². The van der Waals surface area contributed by atoms with Crippen LogP contribution in [0.1, 0.15) is 13.3 Å². The van der Waals surface area contributed by atoms with E-state index in [1.54, 1.807) is 0 Å². The molecule has 16 heavy (non-hydrogen) atoms. The number of alkyl halides is 3. The van der Waals surface area contributed by atoms with Crippen LogP contribution in [0, 0.1) is 0 Å². The monoisotopic (exact) mass is 258 g/mol. The molecule has 0 heterocycles. The highest BCUT2D eigenvalue weighted by Crippen LogP contribution is 2.14. The van der Waals surface area contributed by atoms with Gasteiger partial charge in [0.05, 0.1) is 6.54 Å². The van der Waals surface area contributed by atoms with Crippen molar-refractivity contribution in [3.05, 3.63) is 0 Å². The quantitative estimate of drug-likeness (QED) is 0.638. The van der Waals surface area contributed by atoms with E-state index in [1.165, 1.54) is 11.9 Å². The van der Waals surface area contributed by atoms with Gasteiger partial charge < -0.3 is 5.32 Å². The third-order valence-corrected chi connectivity index (χ3v) is 2.95. The van der Waals surface area contributed by atoms with E-state index in [9.17, 15) is 13.2 Å². The first-order valence-corrected chi connectivity index (χ1v) is 6.65. The molecule has 98 valence electrons. The molecule has 0 aromatic heterocycles. The summed E-state index contributed by atoms with van der Waals surface area (Å²) in [5, 5.41) is 3.14. The first-order chi connectivity index (χ1) is 7.45. The Bertz CT molecular complexity index is 165. The molecular formula is C10H21F3N2S. The van der Waals surface area contributed by atoms with Gasteiger partial charge in [0.1, 0.15) is 0 Å². The predicted molar refractivity (Wildman–Crippen MR) is 64.0 cm³/mol. The SMILES string of the molecule is CCSCCCNCCN(C)CC(F)(F)F. The van der Waals surface area contributed by atoms with Crippen molar-refractivity contribution in [2.75, 3.05) is 44.7 Å². The molecule has 0 amide bonds. The molecule has 0 aromatic rings. The van der Waals surface area contributed by atoms with E-state index < -0.39 is 12.7 Å². The van der Waals surface area contributed by atoms with Gasteiger partial charge in [0, 0.05) is 13.1 Å². The van der Waals surface area contributed by atoms with E-state index in [0.717, 1.165) is 24.5 Å². The molecule has 0 spiro atoms. The standard InChI is InChI=1S/C10H21F3N2S/c1-3-16-8-4-5-14-6-7-15(2)9-10(11,12)13/h14H,3-9H2,1-2H3. The maximum atomic E-state index is 12.0. The van der Waals surface area contributed by atoms with Crippen LogP contribution in [0.15, 0.2) is 0 Å². The second kappa shape index (κ2) is 9.13. The van der Waals surface area contributed by atoms with Gasteiger partial charge in [-0.25, -0.2) is 0 Å². The summed E-state index contributed by atoms with van der Waals surface area (Å²) in [7, 11) is 1.49. The zero-order valence-corrected chi connectivity index (χ0v) is 10.8. The summed E-state index contributed by atoms with van der Waals surface area (Å²) in [6.07, 6.45) is -3.02. The lowest BCUT2D eigenvalue weighted by atomic mass is 10.4.